The van der Waals surface area contributed by atoms with E-state index >= 15 is 0 Å². The van der Waals surface area contributed by atoms with Crippen molar-refractivity contribution in [1.29, 1.82) is 0 Å². The summed E-state index contributed by atoms with van der Waals surface area (Å²) in [6, 6.07) is 3.44. The van der Waals surface area contributed by atoms with Gasteiger partial charge in [0.25, 0.3) is 10.0 Å². The van der Waals surface area contributed by atoms with E-state index in [0.717, 1.165) is 24.4 Å². The largest absolute Gasteiger partial charge is 0.419 e. The quantitative estimate of drug-likeness (QED) is 0.566. The van der Waals surface area contributed by atoms with E-state index in [0.29, 0.717) is 6.07 Å². The molecule has 0 atom stereocenters. The van der Waals surface area contributed by atoms with Gasteiger partial charge in [-0.2, -0.15) is 13.2 Å². The number of sulfonamides is 1. The highest BCUT2D eigenvalue weighted by Gasteiger charge is 2.37. The summed E-state index contributed by atoms with van der Waals surface area (Å²) in [4.78, 5) is 1.67. The van der Waals surface area contributed by atoms with Crippen LogP contribution in [0.2, 0.25) is 5.02 Å². The maximum Gasteiger partial charge on any atom is 0.419 e. The average Bonchev–Trinajstić information content (AvgIpc) is 2.95. The Morgan fingerprint density at radius 2 is 1.78 bits per heavy atom. The molecule has 1 aromatic heterocycles. The zero-order valence-corrected chi connectivity index (χ0v) is 15.0. The molecule has 4 nitrogen and oxygen atoms in total. The zero-order valence-electron chi connectivity index (χ0n) is 13.4. The van der Waals surface area contributed by atoms with E-state index in [9.17, 15) is 30.4 Å². The van der Waals surface area contributed by atoms with Crippen molar-refractivity contribution in [3.63, 3.8) is 0 Å². The molecule has 0 unspecified atom stereocenters. The third kappa shape index (κ3) is 3.46. The number of aromatic amines is 1. The normalized spacial score (nSPS) is 12.6. The van der Waals surface area contributed by atoms with Gasteiger partial charge >= 0.3 is 6.18 Å². The number of rotatable bonds is 3. The fourth-order valence-corrected chi connectivity index (χ4v) is 4.07. The Labute approximate surface area is 155 Å². The molecule has 27 heavy (non-hydrogen) atoms. The Hall–Kier alpha value is -2.33. The van der Waals surface area contributed by atoms with Crippen molar-refractivity contribution in [3.8, 4) is 0 Å². The van der Waals surface area contributed by atoms with Crippen LogP contribution in [0.5, 0.6) is 0 Å². The zero-order chi connectivity index (χ0) is 20.1. The molecular formula is C16H10ClF5N2O2S. The molecule has 11 heteroatoms. The summed E-state index contributed by atoms with van der Waals surface area (Å²) < 4.78 is 94.1. The molecule has 2 aromatic carbocycles. The van der Waals surface area contributed by atoms with Crippen LogP contribution in [-0.2, 0) is 16.2 Å². The van der Waals surface area contributed by atoms with Crippen LogP contribution in [0.3, 0.4) is 0 Å². The van der Waals surface area contributed by atoms with Crippen LogP contribution in [0.1, 0.15) is 11.1 Å². The fraction of sp³-hybridized carbons (Fsp3) is 0.125. The van der Waals surface area contributed by atoms with E-state index < -0.39 is 54.5 Å². The first kappa shape index (κ1) is 19.4. The van der Waals surface area contributed by atoms with Crippen LogP contribution in [0.4, 0.5) is 27.6 Å². The number of nitrogens with one attached hydrogen (secondary N) is 2. The number of aromatic nitrogens is 1. The lowest BCUT2D eigenvalue weighted by Crippen LogP contribution is -2.14. The lowest BCUT2D eigenvalue weighted by molar-refractivity contribution is -0.136. The van der Waals surface area contributed by atoms with Gasteiger partial charge in [0, 0.05) is 17.6 Å². The second kappa shape index (κ2) is 6.38. The van der Waals surface area contributed by atoms with E-state index in [-0.39, 0.29) is 10.9 Å². The van der Waals surface area contributed by atoms with Crippen molar-refractivity contribution in [1.82, 2.24) is 4.98 Å². The van der Waals surface area contributed by atoms with Crippen molar-refractivity contribution < 1.29 is 30.4 Å². The Balaban J connectivity index is 2.14. The summed E-state index contributed by atoms with van der Waals surface area (Å²) in [6.07, 6.45) is -4.01. The van der Waals surface area contributed by atoms with Gasteiger partial charge in [-0.25, -0.2) is 17.2 Å². The van der Waals surface area contributed by atoms with Gasteiger partial charge in [0.1, 0.15) is 16.5 Å². The van der Waals surface area contributed by atoms with Crippen LogP contribution >= 0.6 is 11.6 Å². The van der Waals surface area contributed by atoms with Gasteiger partial charge in [-0.05, 0) is 30.7 Å². The molecule has 0 aliphatic rings. The summed E-state index contributed by atoms with van der Waals surface area (Å²) in [7, 11) is -4.52. The van der Waals surface area contributed by atoms with Crippen LogP contribution in [-0.4, -0.2) is 13.4 Å². The average molecular weight is 425 g/mol. The standard InChI is InChI=1S/C16H10ClF5N2O2S/c1-7-4-11(19)12(5-10(7)18)24-27(25,26)13-6-23-15-8(13)2-3-9(17)14(15)16(20,21)22/h2-6,23-24H,1H3. The second-order valence-electron chi connectivity index (χ2n) is 5.68. The Kier molecular flexibility index (Phi) is 4.59. The van der Waals surface area contributed by atoms with Crippen molar-refractivity contribution in [2.45, 2.75) is 18.0 Å². The number of hydrogen-bond donors (Lipinski definition) is 2. The lowest BCUT2D eigenvalue weighted by atomic mass is 10.1. The molecule has 0 aliphatic heterocycles. The number of hydrogen-bond acceptors (Lipinski definition) is 2. The Morgan fingerprint density at radius 3 is 2.41 bits per heavy atom. The predicted octanol–water partition coefficient (Wildman–Crippen LogP) is 5.23. The van der Waals surface area contributed by atoms with Gasteiger partial charge in [0.2, 0.25) is 0 Å². The third-order valence-electron chi connectivity index (χ3n) is 3.83. The molecule has 0 bridgehead atoms. The van der Waals surface area contributed by atoms with Gasteiger partial charge in [-0.1, -0.05) is 11.6 Å². The molecule has 2 N–H and O–H groups in total. The molecule has 0 aliphatic carbocycles. The van der Waals surface area contributed by atoms with Gasteiger partial charge in [-0.15, -0.1) is 0 Å². The van der Waals surface area contributed by atoms with E-state index in [1.54, 1.807) is 0 Å². The predicted molar refractivity (Wildman–Crippen MR) is 90.2 cm³/mol. The van der Waals surface area contributed by atoms with Gasteiger partial charge in [0.05, 0.1) is 21.8 Å². The van der Waals surface area contributed by atoms with Crippen LogP contribution in [0, 0.1) is 18.6 Å². The highest BCUT2D eigenvalue weighted by molar-refractivity contribution is 7.93. The number of fused-ring (bicyclic) bond motifs is 1. The third-order valence-corrected chi connectivity index (χ3v) is 5.55. The highest BCUT2D eigenvalue weighted by atomic mass is 35.5. The second-order valence-corrected chi connectivity index (χ2v) is 7.74. The molecule has 3 rings (SSSR count). The minimum atomic E-state index is -4.83. The molecule has 1 heterocycles. The number of aryl methyl sites for hydroxylation is 1. The topological polar surface area (TPSA) is 62.0 Å². The molecule has 0 radical (unpaired) electrons. The van der Waals surface area contributed by atoms with E-state index in [1.165, 1.54) is 6.92 Å². The molecule has 3 aromatic rings. The first-order valence-electron chi connectivity index (χ1n) is 7.27. The molecule has 0 saturated heterocycles. The van der Waals surface area contributed by atoms with Crippen LogP contribution < -0.4 is 4.72 Å². The molecule has 0 saturated carbocycles. The summed E-state index contributed by atoms with van der Waals surface area (Å²) >= 11 is 5.60. The highest BCUT2D eigenvalue weighted by Crippen LogP contribution is 2.41. The summed E-state index contributed by atoms with van der Waals surface area (Å²) in [6.45, 7) is 1.29. The smallest absolute Gasteiger partial charge is 0.359 e. The number of anilines is 1. The summed E-state index contributed by atoms with van der Waals surface area (Å²) in [5.74, 6) is -1.88. The Morgan fingerprint density at radius 1 is 1.11 bits per heavy atom. The molecule has 0 fully saturated rings. The van der Waals surface area contributed by atoms with Crippen molar-refractivity contribution in [2.24, 2.45) is 0 Å². The SMILES string of the molecule is Cc1cc(F)c(NS(=O)(=O)c2c[nH]c3c(C(F)(F)F)c(Cl)ccc23)cc1F. The van der Waals surface area contributed by atoms with Crippen molar-refractivity contribution in [3.05, 3.63) is 58.2 Å². The maximum atomic E-state index is 13.9. The number of halogens is 6. The molecule has 0 spiro atoms. The molecule has 144 valence electrons. The summed E-state index contributed by atoms with van der Waals surface area (Å²) in [5, 5.41) is -0.910. The number of H-pyrrole nitrogens is 1. The number of benzene rings is 2. The van der Waals surface area contributed by atoms with Crippen molar-refractivity contribution in [2.75, 3.05) is 4.72 Å². The minimum absolute atomic E-state index is 0.0352. The molecular weight excluding hydrogens is 415 g/mol. The molecule has 0 amide bonds. The van der Waals surface area contributed by atoms with E-state index in [1.807, 2.05) is 4.72 Å². The Bertz CT molecular complexity index is 1160. The fourth-order valence-electron chi connectivity index (χ4n) is 2.57. The van der Waals surface area contributed by atoms with Crippen LogP contribution in [0.25, 0.3) is 10.9 Å². The van der Waals surface area contributed by atoms with Gasteiger partial charge in [0.15, 0.2) is 0 Å². The van der Waals surface area contributed by atoms with Crippen molar-refractivity contribution >= 4 is 38.2 Å². The van der Waals surface area contributed by atoms with E-state index in [2.05, 4.69) is 4.98 Å². The number of alkyl halides is 3. The first-order valence-corrected chi connectivity index (χ1v) is 9.13. The first-order chi connectivity index (χ1) is 12.4. The van der Waals surface area contributed by atoms with Gasteiger partial charge in [-0.3, -0.25) is 4.72 Å². The monoisotopic (exact) mass is 424 g/mol. The summed E-state index contributed by atoms with van der Waals surface area (Å²) in [5.41, 5.74) is -2.47. The minimum Gasteiger partial charge on any atom is -0.359 e. The van der Waals surface area contributed by atoms with Crippen LogP contribution in [0.15, 0.2) is 35.4 Å². The van der Waals surface area contributed by atoms with E-state index in [4.69, 9.17) is 11.6 Å². The lowest BCUT2D eigenvalue weighted by Gasteiger charge is -2.11. The maximum absolute atomic E-state index is 13.9. The van der Waals surface area contributed by atoms with Gasteiger partial charge < -0.3 is 4.98 Å².